The number of thioether (sulfide) groups is 1. The summed E-state index contributed by atoms with van der Waals surface area (Å²) in [5, 5.41) is 11.6. The molecule has 1 atom stereocenters. The maximum atomic E-state index is 11.8. The average molecular weight is 415 g/mol. The van der Waals surface area contributed by atoms with Gasteiger partial charge >= 0.3 is 5.97 Å². The van der Waals surface area contributed by atoms with Crippen LogP contribution < -0.4 is 14.8 Å². The van der Waals surface area contributed by atoms with Crippen LogP contribution in [0.15, 0.2) is 53.4 Å². The third-order valence-corrected chi connectivity index (χ3v) is 4.98. The molecule has 0 aliphatic carbocycles. The molecule has 3 rings (SSSR count). The van der Waals surface area contributed by atoms with Gasteiger partial charge in [-0.3, -0.25) is 4.79 Å². The molecule has 0 aromatic heterocycles. The molecule has 1 aliphatic heterocycles. The van der Waals surface area contributed by atoms with E-state index in [0.29, 0.717) is 20.7 Å². The van der Waals surface area contributed by atoms with E-state index in [1.807, 2.05) is 30.3 Å². The molecule has 144 valence electrons. The molecule has 1 saturated heterocycles. The molecule has 6 nitrogen and oxygen atoms in total. The summed E-state index contributed by atoms with van der Waals surface area (Å²) < 4.78 is 11.8. The van der Waals surface area contributed by atoms with Crippen LogP contribution in [0.1, 0.15) is 18.1 Å². The molecule has 0 radical (unpaired) electrons. The molecule has 1 fully saturated rings. The third kappa shape index (κ3) is 5.11. The topological polar surface area (TPSA) is 84.9 Å². The number of rotatable bonds is 7. The zero-order valence-corrected chi connectivity index (χ0v) is 16.5. The molecule has 0 spiro atoms. The first-order chi connectivity index (χ1) is 13.4. The first kappa shape index (κ1) is 19.9. The van der Waals surface area contributed by atoms with Gasteiger partial charge in [0.25, 0.3) is 5.91 Å². The predicted molar refractivity (Wildman–Crippen MR) is 111 cm³/mol. The van der Waals surface area contributed by atoms with Crippen molar-refractivity contribution in [3.8, 4) is 11.5 Å². The van der Waals surface area contributed by atoms with E-state index in [1.165, 1.54) is 18.7 Å². The van der Waals surface area contributed by atoms with Crippen LogP contribution in [-0.4, -0.2) is 27.4 Å². The van der Waals surface area contributed by atoms with Gasteiger partial charge in [0, 0.05) is 5.56 Å². The number of thiocarbonyl (C=S) groups is 1. The van der Waals surface area contributed by atoms with Crippen molar-refractivity contribution in [3.63, 3.8) is 0 Å². The number of carboxylic acid groups (broad SMARTS) is 1. The van der Waals surface area contributed by atoms with Gasteiger partial charge in [-0.2, -0.15) is 0 Å². The number of hydrogen-bond acceptors (Lipinski definition) is 6. The highest BCUT2D eigenvalue weighted by molar-refractivity contribution is 8.26. The molecular weight excluding hydrogens is 398 g/mol. The Morgan fingerprint density at radius 1 is 1.29 bits per heavy atom. The fraction of sp³-hybridized carbons (Fsp3) is 0.150. The van der Waals surface area contributed by atoms with E-state index in [9.17, 15) is 9.59 Å². The van der Waals surface area contributed by atoms with Crippen molar-refractivity contribution in [3.05, 3.63) is 64.6 Å². The summed E-state index contributed by atoms with van der Waals surface area (Å²) in [5.74, 6) is -0.172. The Balaban J connectivity index is 1.71. The molecule has 2 aromatic rings. The first-order valence-corrected chi connectivity index (χ1v) is 9.60. The normalized spacial score (nSPS) is 16.0. The van der Waals surface area contributed by atoms with Crippen molar-refractivity contribution in [1.29, 1.82) is 0 Å². The van der Waals surface area contributed by atoms with Gasteiger partial charge < -0.3 is 19.9 Å². The molecule has 2 aromatic carbocycles. The van der Waals surface area contributed by atoms with Crippen LogP contribution in [0.2, 0.25) is 0 Å². The lowest BCUT2D eigenvalue weighted by Gasteiger charge is -2.15. The van der Waals surface area contributed by atoms with E-state index >= 15 is 0 Å². The number of hydrogen-bond donors (Lipinski definition) is 2. The number of carbonyl (C=O) groups excluding carboxylic acids is 1. The second-order valence-corrected chi connectivity index (χ2v) is 7.64. The summed E-state index contributed by atoms with van der Waals surface area (Å²) >= 11 is 6.21. The Morgan fingerprint density at radius 3 is 2.79 bits per heavy atom. The smallest absolute Gasteiger partial charge is 0.344 e. The second kappa shape index (κ2) is 8.90. The summed E-state index contributed by atoms with van der Waals surface area (Å²) in [6.07, 6.45) is 0.787. The van der Waals surface area contributed by atoms with E-state index in [1.54, 1.807) is 24.3 Å². The number of ether oxygens (including phenoxy) is 2. The fourth-order valence-corrected chi connectivity index (χ4v) is 3.45. The van der Waals surface area contributed by atoms with Crippen LogP contribution in [-0.2, 0) is 16.2 Å². The SMILES string of the molecule is CC(Oc1ccccc1COc1cccc(C=C2SC(=S)NC2=O)c1)C(=O)O. The van der Waals surface area contributed by atoms with Crippen molar-refractivity contribution in [2.24, 2.45) is 0 Å². The number of carboxylic acids is 1. The van der Waals surface area contributed by atoms with Gasteiger partial charge in [0.05, 0.1) is 4.91 Å². The van der Waals surface area contributed by atoms with Crippen molar-refractivity contribution in [2.45, 2.75) is 19.6 Å². The Labute approximate surface area is 171 Å². The number of carbonyl (C=O) groups is 2. The zero-order valence-electron chi connectivity index (χ0n) is 14.9. The molecular formula is C20H17NO5S2. The number of benzene rings is 2. The minimum Gasteiger partial charge on any atom is -0.489 e. The summed E-state index contributed by atoms with van der Waals surface area (Å²) in [4.78, 5) is 23.3. The Bertz CT molecular complexity index is 957. The minimum absolute atomic E-state index is 0.208. The van der Waals surface area contributed by atoms with Gasteiger partial charge in [-0.1, -0.05) is 54.3 Å². The minimum atomic E-state index is -1.04. The second-order valence-electron chi connectivity index (χ2n) is 5.92. The van der Waals surface area contributed by atoms with Crippen molar-refractivity contribution in [2.75, 3.05) is 0 Å². The molecule has 28 heavy (non-hydrogen) atoms. The van der Waals surface area contributed by atoms with E-state index in [4.69, 9.17) is 26.8 Å². The van der Waals surface area contributed by atoms with Gasteiger partial charge in [0.1, 0.15) is 22.4 Å². The van der Waals surface area contributed by atoms with Gasteiger partial charge in [-0.25, -0.2) is 4.79 Å². The number of aliphatic carboxylic acids is 1. The fourth-order valence-electron chi connectivity index (χ4n) is 2.41. The van der Waals surface area contributed by atoms with Crippen molar-refractivity contribution >= 4 is 46.3 Å². The van der Waals surface area contributed by atoms with Gasteiger partial charge in [0.15, 0.2) is 6.10 Å². The Morgan fingerprint density at radius 2 is 2.07 bits per heavy atom. The number of nitrogens with one attached hydrogen (secondary N) is 1. The number of para-hydroxylation sites is 1. The maximum absolute atomic E-state index is 11.8. The molecule has 8 heteroatoms. The lowest BCUT2D eigenvalue weighted by molar-refractivity contribution is -0.144. The summed E-state index contributed by atoms with van der Waals surface area (Å²) in [5.41, 5.74) is 1.54. The van der Waals surface area contributed by atoms with E-state index in [2.05, 4.69) is 5.32 Å². The van der Waals surface area contributed by atoms with Gasteiger partial charge in [-0.05, 0) is 36.8 Å². The van der Waals surface area contributed by atoms with Crippen LogP contribution in [0, 0.1) is 0 Å². The molecule has 0 bridgehead atoms. The van der Waals surface area contributed by atoms with Crippen LogP contribution in [0.5, 0.6) is 11.5 Å². The summed E-state index contributed by atoms with van der Waals surface area (Å²) in [6, 6.07) is 14.4. The van der Waals surface area contributed by atoms with Crippen molar-refractivity contribution in [1.82, 2.24) is 5.32 Å². The van der Waals surface area contributed by atoms with Crippen LogP contribution in [0.3, 0.4) is 0 Å². The average Bonchev–Trinajstić information content (AvgIpc) is 2.98. The molecule has 2 N–H and O–H groups in total. The maximum Gasteiger partial charge on any atom is 0.344 e. The highest BCUT2D eigenvalue weighted by Crippen LogP contribution is 2.27. The summed E-state index contributed by atoms with van der Waals surface area (Å²) in [7, 11) is 0. The highest BCUT2D eigenvalue weighted by atomic mass is 32.2. The summed E-state index contributed by atoms with van der Waals surface area (Å²) in [6.45, 7) is 1.68. The molecule has 0 saturated carbocycles. The monoisotopic (exact) mass is 415 g/mol. The lowest BCUT2D eigenvalue weighted by Crippen LogP contribution is -2.23. The Hall–Kier alpha value is -2.84. The zero-order chi connectivity index (χ0) is 20.1. The molecule has 1 aliphatic rings. The molecule has 1 heterocycles. The van der Waals surface area contributed by atoms with Gasteiger partial charge in [0.2, 0.25) is 0 Å². The van der Waals surface area contributed by atoms with Crippen LogP contribution >= 0.6 is 24.0 Å². The number of amides is 1. The van der Waals surface area contributed by atoms with Gasteiger partial charge in [-0.15, -0.1) is 0 Å². The highest BCUT2D eigenvalue weighted by Gasteiger charge is 2.22. The largest absolute Gasteiger partial charge is 0.489 e. The van der Waals surface area contributed by atoms with E-state index in [0.717, 1.165) is 11.1 Å². The van der Waals surface area contributed by atoms with Crippen molar-refractivity contribution < 1.29 is 24.2 Å². The predicted octanol–water partition coefficient (Wildman–Crippen LogP) is 3.61. The quantitative estimate of drug-likeness (QED) is 0.528. The van der Waals surface area contributed by atoms with E-state index < -0.39 is 12.1 Å². The van der Waals surface area contributed by atoms with Crippen LogP contribution in [0.25, 0.3) is 6.08 Å². The van der Waals surface area contributed by atoms with E-state index in [-0.39, 0.29) is 12.5 Å². The first-order valence-electron chi connectivity index (χ1n) is 8.37. The standard InChI is InChI=1S/C20H17NO5S2/c1-12(19(23)24)26-16-8-3-2-6-14(16)11-25-15-7-4-5-13(9-15)10-17-18(22)21-20(27)28-17/h2-10,12H,11H2,1H3,(H,23,24)(H,21,22,27). The molecule has 1 amide bonds. The van der Waals surface area contributed by atoms with Crippen LogP contribution in [0.4, 0.5) is 0 Å². The Kier molecular flexibility index (Phi) is 6.33. The molecule has 1 unspecified atom stereocenters. The lowest BCUT2D eigenvalue weighted by atomic mass is 10.2. The third-order valence-electron chi connectivity index (χ3n) is 3.82.